The summed E-state index contributed by atoms with van der Waals surface area (Å²) >= 11 is 0. The fourth-order valence-corrected chi connectivity index (χ4v) is 3.13. The van der Waals surface area contributed by atoms with Gasteiger partial charge in [0.2, 0.25) is 10.0 Å². The molecule has 0 aliphatic carbocycles. The molecule has 0 radical (unpaired) electrons. The minimum Gasteiger partial charge on any atom is -0.389 e. The Bertz CT molecular complexity index is 723. The molecule has 1 unspecified atom stereocenters. The summed E-state index contributed by atoms with van der Waals surface area (Å²) in [5.41, 5.74) is 0.571. The lowest BCUT2D eigenvalue weighted by Crippen LogP contribution is -2.27. The largest absolute Gasteiger partial charge is 0.389 e. The van der Waals surface area contributed by atoms with Gasteiger partial charge in [-0.05, 0) is 24.6 Å². The van der Waals surface area contributed by atoms with Crippen LogP contribution in [0.25, 0.3) is 0 Å². The summed E-state index contributed by atoms with van der Waals surface area (Å²) < 4.78 is 28.1. The number of sulfonamides is 1. The van der Waals surface area contributed by atoms with E-state index in [1.54, 1.807) is 36.0 Å². The summed E-state index contributed by atoms with van der Waals surface area (Å²) in [6, 6.07) is 6.34. The molecule has 1 heterocycles. The third-order valence-electron chi connectivity index (χ3n) is 3.33. The first-order valence-corrected chi connectivity index (χ1v) is 7.97. The Morgan fingerprint density at radius 2 is 2.14 bits per heavy atom. The highest BCUT2D eigenvalue weighted by molar-refractivity contribution is 7.89. The minimum absolute atomic E-state index is 0.164. The summed E-state index contributed by atoms with van der Waals surface area (Å²) in [4.78, 5) is 4.29. The molecule has 0 amide bonds. The van der Waals surface area contributed by atoms with Crippen molar-refractivity contribution in [1.82, 2.24) is 13.9 Å². The van der Waals surface area contributed by atoms with Crippen LogP contribution in [0.3, 0.4) is 0 Å². The number of rotatable bonds is 5. The zero-order valence-corrected chi connectivity index (χ0v) is 13.1. The number of aliphatic hydroxyl groups excluding tert-OH is 1. The van der Waals surface area contributed by atoms with Gasteiger partial charge in [-0.25, -0.2) is 13.4 Å². The topological polar surface area (TPSA) is 75.4 Å². The van der Waals surface area contributed by atoms with Crippen LogP contribution in [-0.2, 0) is 23.6 Å². The summed E-state index contributed by atoms with van der Waals surface area (Å²) in [5, 5.41) is 9.57. The van der Waals surface area contributed by atoms with Crippen LogP contribution in [0, 0.1) is 0 Å². The van der Waals surface area contributed by atoms with E-state index >= 15 is 0 Å². The molecule has 0 aliphatic rings. The third-order valence-corrected chi connectivity index (χ3v) is 5.13. The summed E-state index contributed by atoms with van der Waals surface area (Å²) in [7, 11) is -0.290. The second-order valence-corrected chi connectivity index (χ2v) is 7.01. The van der Waals surface area contributed by atoms with Gasteiger partial charge in [-0.1, -0.05) is 12.1 Å². The van der Waals surface area contributed by atoms with Crippen molar-refractivity contribution in [2.45, 2.75) is 24.5 Å². The molecule has 6 nitrogen and oxygen atoms in total. The normalized spacial score (nSPS) is 13.6. The molecule has 1 atom stereocenters. The number of imidazole rings is 1. The molecule has 21 heavy (non-hydrogen) atoms. The van der Waals surface area contributed by atoms with Crippen LogP contribution in [0.15, 0.2) is 41.6 Å². The zero-order valence-electron chi connectivity index (χ0n) is 12.3. The van der Waals surface area contributed by atoms with Crippen LogP contribution in [0.5, 0.6) is 0 Å². The van der Waals surface area contributed by atoms with E-state index in [-0.39, 0.29) is 11.4 Å². The molecule has 1 N–H and O–H groups in total. The fraction of sp³-hybridized carbons (Fsp3) is 0.357. The van der Waals surface area contributed by atoms with E-state index in [0.717, 1.165) is 0 Å². The smallest absolute Gasteiger partial charge is 0.243 e. The maximum Gasteiger partial charge on any atom is 0.243 e. The molecule has 0 saturated heterocycles. The molecule has 2 aromatic rings. The quantitative estimate of drug-likeness (QED) is 0.903. The predicted octanol–water partition coefficient (Wildman–Crippen LogP) is 1.29. The Balaban J connectivity index is 2.29. The van der Waals surface area contributed by atoms with Crippen molar-refractivity contribution in [3.63, 3.8) is 0 Å². The van der Waals surface area contributed by atoms with Crippen LogP contribution < -0.4 is 0 Å². The molecule has 2 rings (SSSR count). The van der Waals surface area contributed by atoms with Crippen LogP contribution in [0.1, 0.15) is 24.4 Å². The molecule has 0 spiro atoms. The first-order valence-electron chi connectivity index (χ1n) is 6.53. The second-order valence-electron chi connectivity index (χ2n) is 4.96. The average molecular weight is 309 g/mol. The maximum absolute atomic E-state index is 12.6. The van der Waals surface area contributed by atoms with E-state index in [4.69, 9.17) is 0 Å². The van der Waals surface area contributed by atoms with Crippen molar-refractivity contribution >= 4 is 10.0 Å². The highest BCUT2D eigenvalue weighted by Gasteiger charge is 2.22. The first-order chi connectivity index (χ1) is 9.82. The van der Waals surface area contributed by atoms with Crippen molar-refractivity contribution in [3.05, 3.63) is 48.0 Å². The lowest BCUT2D eigenvalue weighted by molar-refractivity contribution is 0.199. The molecule has 7 heteroatoms. The van der Waals surface area contributed by atoms with Gasteiger partial charge in [0, 0.05) is 26.5 Å². The summed E-state index contributed by atoms with van der Waals surface area (Å²) in [5.74, 6) is 0.660. The van der Waals surface area contributed by atoms with Gasteiger partial charge >= 0.3 is 0 Å². The van der Waals surface area contributed by atoms with E-state index in [9.17, 15) is 13.5 Å². The van der Waals surface area contributed by atoms with Gasteiger partial charge in [-0.3, -0.25) is 0 Å². The van der Waals surface area contributed by atoms with Gasteiger partial charge in [0.25, 0.3) is 0 Å². The number of hydrogen-bond acceptors (Lipinski definition) is 4. The number of benzene rings is 1. The molecule has 1 aromatic carbocycles. The third kappa shape index (κ3) is 3.31. The minimum atomic E-state index is -3.62. The highest BCUT2D eigenvalue weighted by atomic mass is 32.2. The standard InChI is InChI=1S/C14H19N3O3S/c1-11(18)12-5-4-6-13(9-12)21(19,20)17(3)10-14-15-7-8-16(14)2/h4-9,11,18H,10H2,1-3H3. The Hall–Kier alpha value is -1.70. The van der Waals surface area contributed by atoms with Crippen LogP contribution in [0.4, 0.5) is 0 Å². The van der Waals surface area contributed by atoms with E-state index < -0.39 is 16.1 Å². The maximum atomic E-state index is 12.6. The van der Waals surface area contributed by atoms with Gasteiger partial charge in [0.15, 0.2) is 0 Å². The molecule has 0 fully saturated rings. The van der Waals surface area contributed by atoms with Crippen molar-refractivity contribution < 1.29 is 13.5 Å². The predicted molar refractivity (Wildman–Crippen MR) is 78.9 cm³/mol. The van der Waals surface area contributed by atoms with Crippen LogP contribution in [0.2, 0.25) is 0 Å². The Kier molecular flexibility index (Phi) is 4.46. The highest BCUT2D eigenvalue weighted by Crippen LogP contribution is 2.20. The fourth-order valence-electron chi connectivity index (χ4n) is 1.95. The van der Waals surface area contributed by atoms with E-state index in [1.165, 1.54) is 23.5 Å². The van der Waals surface area contributed by atoms with Crippen molar-refractivity contribution in [2.24, 2.45) is 7.05 Å². The van der Waals surface area contributed by atoms with E-state index in [1.807, 2.05) is 7.05 Å². The van der Waals surface area contributed by atoms with Crippen LogP contribution >= 0.6 is 0 Å². The zero-order chi connectivity index (χ0) is 15.6. The summed E-state index contributed by atoms with van der Waals surface area (Å²) in [6.07, 6.45) is 2.69. The van der Waals surface area contributed by atoms with Gasteiger partial charge in [0.1, 0.15) is 5.82 Å². The van der Waals surface area contributed by atoms with Crippen molar-refractivity contribution in [3.8, 4) is 0 Å². The molecule has 0 aliphatic heterocycles. The Labute approximate surface area is 124 Å². The van der Waals surface area contributed by atoms with Gasteiger partial charge in [0.05, 0.1) is 17.5 Å². The Morgan fingerprint density at radius 3 is 2.71 bits per heavy atom. The number of hydrogen-bond donors (Lipinski definition) is 1. The SMILES string of the molecule is CC(O)c1cccc(S(=O)(=O)N(C)Cc2nccn2C)c1. The van der Waals surface area contributed by atoms with Crippen LogP contribution in [-0.4, -0.2) is 34.4 Å². The molecule has 0 bridgehead atoms. The van der Waals surface area contributed by atoms with E-state index in [0.29, 0.717) is 11.4 Å². The molecule has 114 valence electrons. The van der Waals surface area contributed by atoms with Gasteiger partial charge in [-0.2, -0.15) is 4.31 Å². The number of aromatic nitrogens is 2. The molecular formula is C14H19N3O3S. The lowest BCUT2D eigenvalue weighted by Gasteiger charge is -2.17. The van der Waals surface area contributed by atoms with Gasteiger partial charge < -0.3 is 9.67 Å². The Morgan fingerprint density at radius 1 is 1.43 bits per heavy atom. The van der Waals surface area contributed by atoms with Crippen molar-refractivity contribution in [2.75, 3.05) is 7.05 Å². The first kappa shape index (κ1) is 15.7. The monoisotopic (exact) mass is 309 g/mol. The average Bonchev–Trinajstić information content (AvgIpc) is 2.84. The number of nitrogens with zero attached hydrogens (tertiary/aromatic N) is 3. The number of aliphatic hydroxyl groups is 1. The lowest BCUT2D eigenvalue weighted by atomic mass is 10.1. The molecule has 0 saturated carbocycles. The molecule has 1 aromatic heterocycles. The second kappa shape index (κ2) is 5.97. The van der Waals surface area contributed by atoms with E-state index in [2.05, 4.69) is 4.98 Å². The molecular weight excluding hydrogens is 290 g/mol. The van der Waals surface area contributed by atoms with Gasteiger partial charge in [-0.15, -0.1) is 0 Å². The van der Waals surface area contributed by atoms with Crippen molar-refractivity contribution in [1.29, 1.82) is 0 Å². The summed E-state index contributed by atoms with van der Waals surface area (Å²) in [6.45, 7) is 1.79. The number of aryl methyl sites for hydroxylation is 1.